The Bertz CT molecular complexity index is 1170. The highest BCUT2D eigenvalue weighted by atomic mass is 35.5. The van der Waals surface area contributed by atoms with E-state index < -0.39 is 16.8 Å². The van der Waals surface area contributed by atoms with Gasteiger partial charge in [-0.05, 0) is 31.4 Å². The number of nitro groups is 1. The highest BCUT2D eigenvalue weighted by molar-refractivity contribution is 6.28. The molecule has 0 N–H and O–H groups in total. The Morgan fingerprint density at radius 2 is 2.06 bits per heavy atom. The molecule has 1 aliphatic rings. The molecule has 178 valence electrons. The molecule has 0 radical (unpaired) electrons. The third kappa shape index (κ3) is 4.71. The van der Waals surface area contributed by atoms with E-state index in [0.717, 1.165) is 10.9 Å². The van der Waals surface area contributed by atoms with Crippen molar-refractivity contribution in [3.05, 3.63) is 33.0 Å². The van der Waals surface area contributed by atoms with E-state index in [1.807, 2.05) is 0 Å². The first-order valence-electron chi connectivity index (χ1n) is 10.1. The Labute approximate surface area is 189 Å². The smallest absolute Gasteiger partial charge is 0.435 e. The van der Waals surface area contributed by atoms with Gasteiger partial charge in [-0.1, -0.05) is 0 Å². The molecule has 11 nitrogen and oxygen atoms in total. The molecule has 15 heteroatoms. The molecule has 0 amide bonds. The van der Waals surface area contributed by atoms with Crippen LogP contribution in [0.25, 0.3) is 11.0 Å². The minimum absolute atomic E-state index is 0.00732. The molecule has 4 rings (SSSR count). The molecule has 0 aliphatic carbocycles. The van der Waals surface area contributed by atoms with Gasteiger partial charge in [0.2, 0.25) is 5.28 Å². The predicted octanol–water partition coefficient (Wildman–Crippen LogP) is 3.73. The van der Waals surface area contributed by atoms with Crippen molar-refractivity contribution in [1.82, 2.24) is 29.5 Å². The van der Waals surface area contributed by atoms with Gasteiger partial charge in [0, 0.05) is 32.4 Å². The number of hydrogen-bond donors (Lipinski definition) is 0. The molecule has 1 saturated heterocycles. The van der Waals surface area contributed by atoms with E-state index in [4.69, 9.17) is 21.1 Å². The molecule has 33 heavy (non-hydrogen) atoms. The fraction of sp³-hybridized carbons (Fsp3) is 0.556. The first-order chi connectivity index (χ1) is 15.7. The zero-order valence-electron chi connectivity index (χ0n) is 17.4. The van der Waals surface area contributed by atoms with E-state index in [1.165, 1.54) is 0 Å². The van der Waals surface area contributed by atoms with E-state index in [-0.39, 0.29) is 53.5 Å². The topological polar surface area (TPSA) is 123 Å². The lowest BCUT2D eigenvalue weighted by Gasteiger charge is -2.22. The third-order valence-electron chi connectivity index (χ3n) is 5.29. The summed E-state index contributed by atoms with van der Waals surface area (Å²) in [5.74, 6) is -0.129. The zero-order chi connectivity index (χ0) is 23.8. The van der Waals surface area contributed by atoms with Crippen molar-refractivity contribution in [2.45, 2.75) is 44.9 Å². The van der Waals surface area contributed by atoms with Crippen LogP contribution in [0, 0.1) is 17.0 Å². The van der Waals surface area contributed by atoms with Crippen molar-refractivity contribution >= 4 is 28.3 Å². The molecule has 0 saturated carbocycles. The van der Waals surface area contributed by atoms with Gasteiger partial charge in [0.15, 0.2) is 11.3 Å². The van der Waals surface area contributed by atoms with Crippen LogP contribution in [0.1, 0.15) is 36.7 Å². The normalized spacial score (nSPS) is 15.3. The highest BCUT2D eigenvalue weighted by Crippen LogP contribution is 2.35. The summed E-state index contributed by atoms with van der Waals surface area (Å²) in [6, 6.07) is -0.0320. The van der Waals surface area contributed by atoms with Crippen LogP contribution in [0.2, 0.25) is 5.28 Å². The second-order valence-electron chi connectivity index (χ2n) is 7.43. The summed E-state index contributed by atoms with van der Waals surface area (Å²) in [6.45, 7) is 2.66. The summed E-state index contributed by atoms with van der Waals surface area (Å²) >= 11 is 5.73. The molecule has 0 spiro atoms. The van der Waals surface area contributed by atoms with E-state index in [0.29, 0.717) is 31.7 Å². The fourth-order valence-corrected chi connectivity index (χ4v) is 3.89. The number of halogens is 4. The van der Waals surface area contributed by atoms with Crippen molar-refractivity contribution in [3.63, 3.8) is 0 Å². The lowest BCUT2D eigenvalue weighted by Crippen LogP contribution is -2.21. The van der Waals surface area contributed by atoms with Crippen molar-refractivity contribution in [3.8, 4) is 5.88 Å². The van der Waals surface area contributed by atoms with Crippen LogP contribution in [-0.2, 0) is 17.5 Å². The van der Waals surface area contributed by atoms with Gasteiger partial charge >= 0.3 is 17.7 Å². The van der Waals surface area contributed by atoms with Crippen LogP contribution in [-0.4, -0.2) is 54.3 Å². The maximum atomic E-state index is 13.3. The Kier molecular flexibility index (Phi) is 6.38. The molecule has 0 unspecified atom stereocenters. The summed E-state index contributed by atoms with van der Waals surface area (Å²) in [5, 5.41) is 19.0. The van der Waals surface area contributed by atoms with Gasteiger partial charge in [0.1, 0.15) is 5.69 Å². The fourth-order valence-electron chi connectivity index (χ4n) is 3.76. The second kappa shape index (κ2) is 9.09. The Balaban J connectivity index is 1.49. The number of alkyl halides is 3. The van der Waals surface area contributed by atoms with Gasteiger partial charge in [-0.3, -0.25) is 14.8 Å². The zero-order valence-corrected chi connectivity index (χ0v) is 18.1. The molecule has 0 aromatic carbocycles. The number of aromatic nitrogens is 6. The van der Waals surface area contributed by atoms with E-state index >= 15 is 0 Å². The summed E-state index contributed by atoms with van der Waals surface area (Å²) in [7, 11) is 0. The quantitative estimate of drug-likeness (QED) is 0.213. The van der Waals surface area contributed by atoms with Gasteiger partial charge < -0.3 is 9.47 Å². The molecule has 3 aromatic rings. The summed E-state index contributed by atoms with van der Waals surface area (Å²) in [5.41, 5.74) is -1.03. The molecule has 1 fully saturated rings. The molecule has 3 aromatic heterocycles. The summed E-state index contributed by atoms with van der Waals surface area (Å²) in [4.78, 5) is 18.5. The van der Waals surface area contributed by atoms with Gasteiger partial charge in [-0.25, -0.2) is 9.67 Å². The van der Waals surface area contributed by atoms with Crippen molar-refractivity contribution in [1.29, 1.82) is 0 Å². The van der Waals surface area contributed by atoms with Crippen LogP contribution >= 0.6 is 11.6 Å². The van der Waals surface area contributed by atoms with Gasteiger partial charge in [0.05, 0.1) is 23.0 Å². The van der Waals surface area contributed by atoms with Crippen molar-refractivity contribution < 1.29 is 27.6 Å². The average Bonchev–Trinajstić information content (AvgIpc) is 3.29. The Morgan fingerprint density at radius 1 is 1.33 bits per heavy atom. The van der Waals surface area contributed by atoms with Crippen LogP contribution in [0.4, 0.5) is 18.9 Å². The van der Waals surface area contributed by atoms with E-state index in [9.17, 15) is 23.3 Å². The van der Waals surface area contributed by atoms with Crippen LogP contribution < -0.4 is 4.74 Å². The minimum Gasteiger partial charge on any atom is -0.472 e. The van der Waals surface area contributed by atoms with Gasteiger partial charge in [-0.2, -0.15) is 23.3 Å². The molecule has 0 atom stereocenters. The standard InChI is InChI=1S/C18H19ClF3N7O4/c1-10-13(29(30)31)16(26-28(10)11-3-7-32-8-4-11)33-6-2-5-27-15-12(9-23-17(19)24-15)14(25-27)18(20,21)22/h9,11H,2-8H2,1H3. The maximum Gasteiger partial charge on any atom is 0.435 e. The monoisotopic (exact) mass is 489 g/mol. The maximum absolute atomic E-state index is 13.3. The van der Waals surface area contributed by atoms with Gasteiger partial charge in [0.25, 0.3) is 0 Å². The number of hydrogen-bond acceptors (Lipinski definition) is 8. The Morgan fingerprint density at radius 3 is 2.73 bits per heavy atom. The van der Waals surface area contributed by atoms with Crippen molar-refractivity contribution in [2.75, 3.05) is 19.8 Å². The number of rotatable bonds is 7. The second-order valence-corrected chi connectivity index (χ2v) is 7.77. The number of ether oxygens (including phenoxy) is 2. The number of nitrogens with zero attached hydrogens (tertiary/aromatic N) is 7. The van der Waals surface area contributed by atoms with Crippen LogP contribution in [0.3, 0.4) is 0 Å². The molecule has 0 bridgehead atoms. The third-order valence-corrected chi connectivity index (χ3v) is 5.47. The molecular weight excluding hydrogens is 471 g/mol. The molecule has 1 aliphatic heterocycles. The SMILES string of the molecule is Cc1c([N+](=O)[O-])c(OCCCn2nc(C(F)(F)F)c3cnc(Cl)nc32)nn1C1CCOCC1. The minimum atomic E-state index is -4.69. The van der Waals surface area contributed by atoms with Crippen LogP contribution in [0.15, 0.2) is 6.20 Å². The van der Waals surface area contributed by atoms with Crippen LogP contribution in [0.5, 0.6) is 5.88 Å². The number of fused-ring (bicyclic) bond motifs is 1. The average molecular weight is 490 g/mol. The first-order valence-corrected chi connectivity index (χ1v) is 10.4. The lowest BCUT2D eigenvalue weighted by atomic mass is 10.1. The summed E-state index contributed by atoms with van der Waals surface area (Å²) < 4.78 is 53.4. The van der Waals surface area contributed by atoms with Gasteiger partial charge in [-0.15, -0.1) is 5.10 Å². The molecule has 4 heterocycles. The van der Waals surface area contributed by atoms with E-state index in [1.54, 1.807) is 11.6 Å². The summed E-state index contributed by atoms with van der Waals surface area (Å²) in [6.07, 6.45) is -2.17. The lowest BCUT2D eigenvalue weighted by molar-refractivity contribution is -0.386. The Hall–Kier alpha value is -3.00. The van der Waals surface area contributed by atoms with Crippen molar-refractivity contribution in [2.24, 2.45) is 0 Å². The predicted molar refractivity (Wildman–Crippen MR) is 108 cm³/mol. The van der Waals surface area contributed by atoms with E-state index in [2.05, 4.69) is 20.2 Å². The largest absolute Gasteiger partial charge is 0.472 e. The number of aryl methyl sites for hydroxylation is 1. The first kappa shape index (κ1) is 23.2. The molecular formula is C18H19ClF3N7O4. The highest BCUT2D eigenvalue weighted by Gasteiger charge is 2.37.